The van der Waals surface area contributed by atoms with Crippen LogP contribution in [0, 0.1) is 11.6 Å². The van der Waals surface area contributed by atoms with E-state index < -0.39 is 40.7 Å². The first-order valence-electron chi connectivity index (χ1n) is 5.55. The molecule has 1 heterocycles. The molecule has 1 aromatic heterocycles. The van der Waals surface area contributed by atoms with Gasteiger partial charge >= 0.3 is 6.18 Å². The molecule has 21 heavy (non-hydrogen) atoms. The maximum atomic E-state index is 13.4. The molecule has 0 atom stereocenters. The molecule has 0 saturated heterocycles. The molecule has 4 nitrogen and oxygen atoms in total. The van der Waals surface area contributed by atoms with Gasteiger partial charge in [-0.1, -0.05) is 0 Å². The minimum atomic E-state index is -4.77. The molecule has 2 rings (SSSR count). The lowest BCUT2D eigenvalue weighted by atomic mass is 10.2. The zero-order chi connectivity index (χ0) is 15.8. The second-order valence-electron chi connectivity index (χ2n) is 4.14. The van der Waals surface area contributed by atoms with Crippen LogP contribution in [0.3, 0.4) is 0 Å². The van der Waals surface area contributed by atoms with E-state index in [2.05, 4.69) is 5.10 Å². The fourth-order valence-electron chi connectivity index (χ4n) is 1.65. The van der Waals surface area contributed by atoms with E-state index in [1.54, 1.807) is 0 Å². The van der Waals surface area contributed by atoms with Crippen LogP contribution in [-0.2, 0) is 13.2 Å². The van der Waals surface area contributed by atoms with Crippen LogP contribution in [-0.4, -0.2) is 15.7 Å². The van der Waals surface area contributed by atoms with E-state index in [4.69, 9.17) is 0 Å². The Bertz CT molecular complexity index is 693. The number of carbonyl (C=O) groups excluding carboxylic acids is 1. The molecule has 0 bridgehead atoms. The maximum Gasteiger partial charge on any atom is 0.437 e. The maximum absolute atomic E-state index is 13.4. The van der Waals surface area contributed by atoms with Crippen LogP contribution >= 0.6 is 0 Å². The molecule has 1 amide bonds. The number of aryl methyl sites for hydroxylation is 1. The Balaban J connectivity index is 2.32. The molecule has 0 unspecified atom stereocenters. The summed E-state index contributed by atoms with van der Waals surface area (Å²) in [5.41, 5.74) is -2.49. The zero-order valence-corrected chi connectivity index (χ0v) is 10.5. The van der Waals surface area contributed by atoms with Crippen LogP contribution in [0.5, 0.6) is 0 Å². The summed E-state index contributed by atoms with van der Waals surface area (Å²) in [6.07, 6.45) is -3.84. The molecule has 2 aromatic rings. The molecule has 0 aliphatic heterocycles. The van der Waals surface area contributed by atoms with E-state index in [9.17, 15) is 26.7 Å². The summed E-state index contributed by atoms with van der Waals surface area (Å²) < 4.78 is 65.1. The van der Waals surface area contributed by atoms with Gasteiger partial charge in [0.25, 0.3) is 5.91 Å². The van der Waals surface area contributed by atoms with Crippen LogP contribution < -0.4 is 5.32 Å². The molecule has 0 saturated carbocycles. The summed E-state index contributed by atoms with van der Waals surface area (Å²) >= 11 is 0. The van der Waals surface area contributed by atoms with Gasteiger partial charge in [-0.2, -0.15) is 18.3 Å². The first-order valence-corrected chi connectivity index (χ1v) is 5.55. The highest BCUT2D eigenvalue weighted by atomic mass is 19.4. The number of halogens is 5. The van der Waals surface area contributed by atoms with Crippen LogP contribution in [0.1, 0.15) is 16.1 Å². The van der Waals surface area contributed by atoms with Crippen molar-refractivity contribution < 1.29 is 26.7 Å². The standard InChI is InChI=1S/C12H8F5N3O/c1-20-5-9(10(19-20)12(15,16)17)18-11(21)7-3-2-6(13)4-8(7)14/h2-5H,1H3,(H,18,21). The highest BCUT2D eigenvalue weighted by molar-refractivity contribution is 6.04. The van der Waals surface area contributed by atoms with E-state index in [0.29, 0.717) is 6.07 Å². The average Bonchev–Trinajstić information content (AvgIpc) is 2.69. The average molecular weight is 305 g/mol. The van der Waals surface area contributed by atoms with Crippen molar-refractivity contribution in [1.29, 1.82) is 0 Å². The lowest BCUT2D eigenvalue weighted by Gasteiger charge is -2.08. The number of hydrogen-bond donors (Lipinski definition) is 1. The minimum Gasteiger partial charge on any atom is -0.319 e. The second-order valence-corrected chi connectivity index (χ2v) is 4.14. The third-order valence-corrected chi connectivity index (χ3v) is 2.52. The number of anilines is 1. The summed E-state index contributed by atoms with van der Waals surface area (Å²) in [6, 6.07) is 2.12. The zero-order valence-electron chi connectivity index (χ0n) is 10.5. The van der Waals surface area contributed by atoms with Gasteiger partial charge < -0.3 is 5.32 Å². The van der Waals surface area contributed by atoms with Crippen molar-refractivity contribution in [2.24, 2.45) is 7.05 Å². The minimum absolute atomic E-state index is 0.461. The van der Waals surface area contributed by atoms with E-state index in [1.165, 1.54) is 7.05 Å². The Morgan fingerprint density at radius 2 is 1.95 bits per heavy atom. The number of carbonyl (C=O) groups is 1. The molecule has 0 radical (unpaired) electrons. The molecular formula is C12H8F5N3O. The van der Waals surface area contributed by atoms with Gasteiger partial charge in [-0.3, -0.25) is 9.48 Å². The highest BCUT2D eigenvalue weighted by Gasteiger charge is 2.37. The van der Waals surface area contributed by atoms with Gasteiger partial charge in [-0.15, -0.1) is 0 Å². The molecule has 0 aliphatic rings. The number of benzene rings is 1. The Kier molecular flexibility index (Phi) is 3.67. The van der Waals surface area contributed by atoms with E-state index in [0.717, 1.165) is 23.0 Å². The highest BCUT2D eigenvalue weighted by Crippen LogP contribution is 2.33. The Hall–Kier alpha value is -2.45. The molecule has 112 valence electrons. The molecule has 1 N–H and O–H groups in total. The van der Waals surface area contributed by atoms with Crippen LogP contribution in [0.2, 0.25) is 0 Å². The fourth-order valence-corrected chi connectivity index (χ4v) is 1.65. The van der Waals surface area contributed by atoms with Gasteiger partial charge in [0.1, 0.15) is 11.6 Å². The van der Waals surface area contributed by atoms with Crippen molar-refractivity contribution in [3.05, 3.63) is 47.3 Å². The summed E-state index contributed by atoms with van der Waals surface area (Å²) in [5.74, 6) is -3.21. The van der Waals surface area contributed by atoms with Crippen molar-refractivity contribution in [2.75, 3.05) is 5.32 Å². The van der Waals surface area contributed by atoms with E-state index in [-0.39, 0.29) is 0 Å². The van der Waals surface area contributed by atoms with E-state index >= 15 is 0 Å². The largest absolute Gasteiger partial charge is 0.437 e. The van der Waals surface area contributed by atoms with Crippen molar-refractivity contribution in [3.63, 3.8) is 0 Å². The third-order valence-electron chi connectivity index (χ3n) is 2.52. The first kappa shape index (κ1) is 14.9. The lowest BCUT2D eigenvalue weighted by Crippen LogP contribution is -2.17. The van der Waals surface area contributed by atoms with Gasteiger partial charge in [0, 0.05) is 19.3 Å². The van der Waals surface area contributed by atoms with Gasteiger partial charge in [0.2, 0.25) is 0 Å². The number of aromatic nitrogens is 2. The molecule has 0 aliphatic carbocycles. The third kappa shape index (κ3) is 3.18. The van der Waals surface area contributed by atoms with Crippen molar-refractivity contribution >= 4 is 11.6 Å². The lowest BCUT2D eigenvalue weighted by molar-refractivity contribution is -0.140. The van der Waals surface area contributed by atoms with Crippen molar-refractivity contribution in [1.82, 2.24) is 9.78 Å². The predicted octanol–water partition coefficient (Wildman–Crippen LogP) is 2.97. The second kappa shape index (κ2) is 5.15. The summed E-state index contributed by atoms with van der Waals surface area (Å²) in [4.78, 5) is 11.8. The van der Waals surface area contributed by atoms with E-state index in [1.807, 2.05) is 5.32 Å². The number of nitrogens with zero attached hydrogens (tertiary/aromatic N) is 2. The molecule has 9 heteroatoms. The number of rotatable bonds is 2. The monoisotopic (exact) mass is 305 g/mol. The van der Waals surface area contributed by atoms with Crippen LogP contribution in [0.15, 0.2) is 24.4 Å². The van der Waals surface area contributed by atoms with Gasteiger partial charge in [0.05, 0.1) is 11.3 Å². The van der Waals surface area contributed by atoms with Crippen LogP contribution in [0.25, 0.3) is 0 Å². The van der Waals surface area contributed by atoms with Gasteiger partial charge in [-0.25, -0.2) is 8.78 Å². The number of hydrogen-bond acceptors (Lipinski definition) is 2. The Morgan fingerprint density at radius 1 is 1.29 bits per heavy atom. The van der Waals surface area contributed by atoms with Crippen molar-refractivity contribution in [2.45, 2.75) is 6.18 Å². The summed E-state index contributed by atoms with van der Waals surface area (Å²) in [7, 11) is 1.24. The predicted molar refractivity (Wildman–Crippen MR) is 62.5 cm³/mol. The summed E-state index contributed by atoms with van der Waals surface area (Å²) in [6.45, 7) is 0. The topological polar surface area (TPSA) is 46.9 Å². The van der Waals surface area contributed by atoms with Crippen molar-refractivity contribution in [3.8, 4) is 0 Å². The van der Waals surface area contributed by atoms with Gasteiger partial charge in [-0.05, 0) is 12.1 Å². The molecular weight excluding hydrogens is 297 g/mol. The quantitative estimate of drug-likeness (QED) is 0.867. The normalized spacial score (nSPS) is 11.5. The summed E-state index contributed by atoms with van der Waals surface area (Å²) in [5, 5.41) is 5.10. The Morgan fingerprint density at radius 3 is 2.52 bits per heavy atom. The molecule has 0 spiro atoms. The molecule has 1 aromatic carbocycles. The SMILES string of the molecule is Cn1cc(NC(=O)c2ccc(F)cc2F)c(C(F)(F)F)n1. The number of alkyl halides is 3. The van der Waals surface area contributed by atoms with Crippen LogP contribution in [0.4, 0.5) is 27.6 Å². The smallest absolute Gasteiger partial charge is 0.319 e. The fraction of sp³-hybridized carbons (Fsp3) is 0.167. The molecule has 0 fully saturated rings. The Labute approximate surface area is 115 Å². The first-order chi connectivity index (χ1) is 9.68. The number of nitrogens with one attached hydrogen (secondary N) is 1. The number of amides is 1. The van der Waals surface area contributed by atoms with Gasteiger partial charge in [0.15, 0.2) is 5.69 Å².